The van der Waals surface area contributed by atoms with E-state index in [0.29, 0.717) is 36.6 Å². The minimum Gasteiger partial charge on any atom is -0.507 e. The normalized spacial score (nSPS) is 16.6. The van der Waals surface area contributed by atoms with Crippen LogP contribution < -0.4 is 14.2 Å². The van der Waals surface area contributed by atoms with E-state index in [0.717, 1.165) is 11.1 Å². The molecule has 7 nitrogen and oxygen atoms in total. The third kappa shape index (κ3) is 5.20. The van der Waals surface area contributed by atoms with Gasteiger partial charge in [-0.2, -0.15) is 0 Å². The largest absolute Gasteiger partial charge is 0.507 e. The van der Waals surface area contributed by atoms with Gasteiger partial charge in [0, 0.05) is 6.54 Å². The van der Waals surface area contributed by atoms with Crippen molar-refractivity contribution in [1.82, 2.24) is 4.90 Å². The van der Waals surface area contributed by atoms with Crippen LogP contribution in [0, 0.1) is 6.92 Å². The third-order valence-electron chi connectivity index (χ3n) is 6.39. The third-order valence-corrected chi connectivity index (χ3v) is 6.67. The molecule has 1 amide bonds. The predicted octanol–water partition coefficient (Wildman–Crippen LogP) is 6.08. The van der Waals surface area contributed by atoms with Gasteiger partial charge < -0.3 is 24.2 Å². The summed E-state index contributed by atoms with van der Waals surface area (Å²) in [6.07, 6.45) is 0.622. The highest BCUT2D eigenvalue weighted by molar-refractivity contribution is 6.46. The maximum absolute atomic E-state index is 13.3. The first-order valence-corrected chi connectivity index (χ1v) is 12.7. The lowest BCUT2D eigenvalue weighted by Crippen LogP contribution is -2.30. The summed E-state index contributed by atoms with van der Waals surface area (Å²) in [5.41, 5.74) is 2.53. The van der Waals surface area contributed by atoms with Gasteiger partial charge in [0.15, 0.2) is 11.5 Å². The average molecular weight is 536 g/mol. The molecule has 3 aromatic carbocycles. The van der Waals surface area contributed by atoms with Crippen LogP contribution in [0.5, 0.6) is 17.2 Å². The van der Waals surface area contributed by atoms with Gasteiger partial charge in [-0.3, -0.25) is 9.59 Å². The number of aliphatic hydroxyl groups excluding tert-OH is 1. The maximum atomic E-state index is 13.3. The fraction of sp³-hybridized carbons (Fsp3) is 0.267. The number of methoxy groups -OCH3 is 2. The molecule has 198 valence electrons. The smallest absolute Gasteiger partial charge is 0.295 e. The van der Waals surface area contributed by atoms with Crippen molar-refractivity contribution in [3.63, 3.8) is 0 Å². The van der Waals surface area contributed by atoms with Crippen LogP contribution in [-0.2, 0) is 16.2 Å². The Labute approximate surface area is 227 Å². The Morgan fingerprint density at radius 2 is 1.74 bits per heavy atom. The van der Waals surface area contributed by atoms with Gasteiger partial charge in [0.1, 0.15) is 18.1 Å². The van der Waals surface area contributed by atoms with Crippen molar-refractivity contribution in [1.29, 1.82) is 0 Å². The second-order valence-corrected chi connectivity index (χ2v) is 9.41. The molecule has 1 N–H and O–H groups in total. The Bertz CT molecular complexity index is 1380. The molecule has 1 aliphatic heterocycles. The molecular weight excluding hydrogens is 506 g/mol. The maximum Gasteiger partial charge on any atom is 0.295 e. The molecular formula is C30H30ClNO6. The van der Waals surface area contributed by atoms with Gasteiger partial charge in [-0.05, 0) is 54.3 Å². The Hall–Kier alpha value is -3.97. The summed E-state index contributed by atoms with van der Waals surface area (Å²) < 4.78 is 17.0. The standard InChI is InChI=1S/C30H30ClNO6/c1-5-13-32-26(20-11-12-23(36-3)24(16-20)38-17-19-9-7-6-8-10-19)25(28(34)30(32)35)27(33)21-14-18(2)15-22(31)29(21)37-4/h6-12,14-16,26,33H,5,13,17H2,1-4H3/b27-25+. The Morgan fingerprint density at radius 1 is 1.00 bits per heavy atom. The zero-order valence-corrected chi connectivity index (χ0v) is 22.5. The molecule has 3 aromatic rings. The highest BCUT2D eigenvalue weighted by Gasteiger charge is 2.46. The SMILES string of the molecule is CCCN1C(=O)C(=O)/C(=C(/O)c2cc(C)cc(Cl)c2OC)C1c1ccc(OC)c(OCc2ccccc2)c1. The number of Topliss-reactive ketones (excluding diaryl/α,β-unsaturated/α-hetero) is 1. The monoisotopic (exact) mass is 535 g/mol. The average Bonchev–Trinajstić information content (AvgIpc) is 3.16. The van der Waals surface area contributed by atoms with E-state index in [1.165, 1.54) is 12.0 Å². The Kier molecular flexibility index (Phi) is 8.27. The number of nitrogens with zero attached hydrogens (tertiary/aromatic N) is 1. The molecule has 1 unspecified atom stereocenters. The second kappa shape index (κ2) is 11.6. The highest BCUT2D eigenvalue weighted by Crippen LogP contribution is 2.44. The number of likely N-dealkylation sites (tertiary alicyclic amines) is 1. The van der Waals surface area contributed by atoms with Crippen molar-refractivity contribution in [3.8, 4) is 17.2 Å². The minimum atomic E-state index is -0.844. The number of aliphatic hydroxyl groups is 1. The number of carbonyl (C=O) groups is 2. The van der Waals surface area contributed by atoms with E-state index in [1.54, 1.807) is 37.4 Å². The molecule has 0 aromatic heterocycles. The first-order chi connectivity index (χ1) is 18.3. The number of rotatable bonds is 9. The molecule has 38 heavy (non-hydrogen) atoms. The van der Waals surface area contributed by atoms with Gasteiger partial charge in [-0.25, -0.2) is 0 Å². The van der Waals surface area contributed by atoms with Crippen molar-refractivity contribution in [2.24, 2.45) is 0 Å². The summed E-state index contributed by atoms with van der Waals surface area (Å²) in [5.74, 6) is -0.632. The van der Waals surface area contributed by atoms with Crippen LogP contribution in [0.3, 0.4) is 0 Å². The molecule has 0 aliphatic carbocycles. The molecule has 1 atom stereocenters. The van der Waals surface area contributed by atoms with E-state index in [4.69, 9.17) is 25.8 Å². The molecule has 0 saturated carbocycles. The number of aryl methyl sites for hydroxylation is 1. The number of ketones is 1. The van der Waals surface area contributed by atoms with Crippen LogP contribution in [-0.4, -0.2) is 42.5 Å². The zero-order chi connectivity index (χ0) is 27.4. The lowest BCUT2D eigenvalue weighted by Gasteiger charge is -2.26. The fourth-order valence-electron chi connectivity index (χ4n) is 4.67. The van der Waals surface area contributed by atoms with Gasteiger partial charge in [0.05, 0.1) is 36.4 Å². The molecule has 1 aliphatic rings. The summed E-state index contributed by atoms with van der Waals surface area (Å²) in [4.78, 5) is 28.0. The second-order valence-electron chi connectivity index (χ2n) is 9.00. The van der Waals surface area contributed by atoms with Crippen molar-refractivity contribution in [2.45, 2.75) is 32.9 Å². The summed E-state index contributed by atoms with van der Waals surface area (Å²) >= 11 is 6.37. The van der Waals surface area contributed by atoms with Gasteiger partial charge in [-0.15, -0.1) is 0 Å². The van der Waals surface area contributed by atoms with Crippen molar-refractivity contribution < 1.29 is 28.9 Å². The van der Waals surface area contributed by atoms with Gasteiger partial charge in [0.25, 0.3) is 11.7 Å². The molecule has 0 spiro atoms. The molecule has 8 heteroatoms. The number of ether oxygens (including phenoxy) is 3. The molecule has 0 radical (unpaired) electrons. The van der Waals surface area contributed by atoms with Crippen LogP contribution in [0.1, 0.15) is 41.6 Å². The van der Waals surface area contributed by atoms with Crippen LogP contribution in [0.15, 0.2) is 66.2 Å². The lowest BCUT2D eigenvalue weighted by molar-refractivity contribution is -0.139. The molecule has 1 heterocycles. The Balaban J connectivity index is 1.86. The summed E-state index contributed by atoms with van der Waals surface area (Å²) in [6.45, 7) is 4.36. The Morgan fingerprint density at radius 3 is 2.39 bits per heavy atom. The van der Waals surface area contributed by atoms with Crippen LogP contribution in [0.4, 0.5) is 0 Å². The molecule has 0 bridgehead atoms. The molecule has 1 saturated heterocycles. The van der Waals surface area contributed by atoms with E-state index < -0.39 is 17.7 Å². The van der Waals surface area contributed by atoms with Crippen LogP contribution in [0.25, 0.3) is 5.76 Å². The van der Waals surface area contributed by atoms with Gasteiger partial charge >= 0.3 is 0 Å². The number of hydrogen-bond donors (Lipinski definition) is 1. The number of amides is 1. The summed E-state index contributed by atoms with van der Waals surface area (Å²) in [5, 5.41) is 11.8. The summed E-state index contributed by atoms with van der Waals surface area (Å²) in [7, 11) is 2.97. The number of carbonyl (C=O) groups excluding carboxylic acids is 2. The number of hydrogen-bond acceptors (Lipinski definition) is 6. The predicted molar refractivity (Wildman–Crippen MR) is 146 cm³/mol. The van der Waals surface area contributed by atoms with Crippen molar-refractivity contribution in [3.05, 3.63) is 93.5 Å². The first-order valence-electron chi connectivity index (χ1n) is 12.3. The topological polar surface area (TPSA) is 85.3 Å². The molecule has 4 rings (SSSR count). The molecule has 1 fully saturated rings. The van der Waals surface area contributed by atoms with Crippen molar-refractivity contribution >= 4 is 29.1 Å². The number of halogens is 1. The number of benzene rings is 3. The van der Waals surface area contributed by atoms with Gasteiger partial charge in [-0.1, -0.05) is 54.9 Å². The van der Waals surface area contributed by atoms with Gasteiger partial charge in [0.2, 0.25) is 0 Å². The lowest BCUT2D eigenvalue weighted by atomic mass is 9.94. The van der Waals surface area contributed by atoms with E-state index >= 15 is 0 Å². The van der Waals surface area contributed by atoms with Crippen LogP contribution in [0.2, 0.25) is 5.02 Å². The quantitative estimate of drug-likeness (QED) is 0.203. The van der Waals surface area contributed by atoms with Crippen molar-refractivity contribution in [2.75, 3.05) is 20.8 Å². The van der Waals surface area contributed by atoms with E-state index in [9.17, 15) is 14.7 Å². The van der Waals surface area contributed by atoms with E-state index in [1.807, 2.05) is 44.2 Å². The zero-order valence-electron chi connectivity index (χ0n) is 21.8. The summed E-state index contributed by atoms with van der Waals surface area (Å²) in [6, 6.07) is 17.5. The highest BCUT2D eigenvalue weighted by atomic mass is 35.5. The van der Waals surface area contributed by atoms with E-state index in [-0.39, 0.29) is 27.7 Å². The van der Waals surface area contributed by atoms with E-state index in [2.05, 4.69) is 0 Å². The minimum absolute atomic E-state index is 0.0393. The fourth-order valence-corrected chi connectivity index (χ4v) is 5.02. The first kappa shape index (κ1) is 27.1. The van der Waals surface area contributed by atoms with Crippen LogP contribution >= 0.6 is 11.6 Å².